The highest BCUT2D eigenvalue weighted by Gasteiger charge is 2.21. The van der Waals surface area contributed by atoms with Gasteiger partial charge in [0.2, 0.25) is 0 Å². The van der Waals surface area contributed by atoms with Crippen molar-refractivity contribution in [2.45, 2.75) is 26.7 Å². The van der Waals surface area contributed by atoms with E-state index in [1.165, 1.54) is 5.56 Å². The zero-order valence-electron chi connectivity index (χ0n) is 10.3. The molecule has 0 atom stereocenters. The van der Waals surface area contributed by atoms with Crippen molar-refractivity contribution in [1.29, 1.82) is 0 Å². The molecular weight excluding hydrogens is 212 g/mol. The molecule has 3 heteroatoms. The second-order valence-corrected chi connectivity index (χ2v) is 4.80. The summed E-state index contributed by atoms with van der Waals surface area (Å²) in [7, 11) is 0. The number of benzene rings is 1. The fraction of sp³-hybridized carbons (Fsp3) is 0.286. The summed E-state index contributed by atoms with van der Waals surface area (Å²) in [6.07, 6.45) is 0. The Morgan fingerprint density at radius 3 is 2.65 bits per heavy atom. The van der Waals surface area contributed by atoms with Crippen molar-refractivity contribution >= 4 is 22.1 Å². The van der Waals surface area contributed by atoms with Crippen LogP contribution in [0.4, 0.5) is 0 Å². The maximum absolute atomic E-state index is 6.14. The number of hydrogen-bond acceptors (Lipinski definition) is 2. The molecule has 0 aliphatic heterocycles. The number of nitrogens with two attached hydrogens (primary N) is 1. The van der Waals surface area contributed by atoms with E-state index in [1.54, 1.807) is 4.68 Å². The molecule has 0 unspecified atom stereocenters. The molecule has 2 N–H and O–H groups in total. The third-order valence-electron chi connectivity index (χ3n) is 3.38. The molecule has 0 saturated heterocycles. The van der Waals surface area contributed by atoms with Crippen LogP contribution in [0.3, 0.4) is 0 Å². The molecule has 88 valence electrons. The molecule has 1 aromatic carbocycles. The van der Waals surface area contributed by atoms with E-state index < -0.39 is 0 Å². The maximum atomic E-state index is 6.14. The molecule has 3 nitrogen and oxygen atoms in total. The number of nitrogens with zero attached hydrogens (tertiary/aromatic N) is 1. The first-order chi connectivity index (χ1) is 8.11. The number of aromatic nitrogens is 1. The predicted molar refractivity (Wildman–Crippen MR) is 70.7 cm³/mol. The quantitative estimate of drug-likeness (QED) is 0.647. The Hall–Kier alpha value is -1.90. The summed E-state index contributed by atoms with van der Waals surface area (Å²) in [6, 6.07) is 8.02. The fourth-order valence-electron chi connectivity index (χ4n) is 2.60. The van der Waals surface area contributed by atoms with Crippen LogP contribution in [0.1, 0.15) is 31.0 Å². The summed E-state index contributed by atoms with van der Waals surface area (Å²) in [5.41, 5.74) is 5.12. The molecule has 3 aromatic rings. The van der Waals surface area contributed by atoms with Gasteiger partial charge in [-0.05, 0) is 25.0 Å². The molecule has 0 amide bonds. The number of para-hydroxylation sites is 1. The third-order valence-corrected chi connectivity index (χ3v) is 3.38. The van der Waals surface area contributed by atoms with Crippen molar-refractivity contribution in [1.82, 2.24) is 4.68 Å². The number of hydrogen-bond donors (Lipinski definition) is 1. The van der Waals surface area contributed by atoms with Gasteiger partial charge in [0.05, 0.1) is 0 Å². The van der Waals surface area contributed by atoms with Crippen LogP contribution in [0.15, 0.2) is 28.7 Å². The van der Waals surface area contributed by atoms with Gasteiger partial charge in [0.15, 0.2) is 5.58 Å². The van der Waals surface area contributed by atoms with Crippen LogP contribution in [0.2, 0.25) is 0 Å². The van der Waals surface area contributed by atoms with E-state index in [2.05, 4.69) is 13.8 Å². The summed E-state index contributed by atoms with van der Waals surface area (Å²) in [5.74, 6) is 6.55. The van der Waals surface area contributed by atoms with Gasteiger partial charge in [-0.2, -0.15) is 0 Å². The highest BCUT2D eigenvalue weighted by atomic mass is 16.3. The van der Waals surface area contributed by atoms with Gasteiger partial charge in [-0.15, -0.1) is 0 Å². The van der Waals surface area contributed by atoms with Gasteiger partial charge in [0.25, 0.3) is 0 Å². The molecule has 2 aromatic heterocycles. The Bertz CT molecular complexity index is 704. The van der Waals surface area contributed by atoms with Gasteiger partial charge >= 0.3 is 0 Å². The van der Waals surface area contributed by atoms with Gasteiger partial charge in [0.1, 0.15) is 11.1 Å². The fourth-order valence-corrected chi connectivity index (χ4v) is 2.60. The Kier molecular flexibility index (Phi) is 1.99. The molecular formula is C14H16N2O. The van der Waals surface area contributed by atoms with E-state index in [0.717, 1.165) is 27.8 Å². The lowest BCUT2D eigenvalue weighted by molar-refractivity contribution is 0.657. The van der Waals surface area contributed by atoms with Crippen molar-refractivity contribution in [3.8, 4) is 0 Å². The normalized spacial score (nSPS) is 12.0. The second kappa shape index (κ2) is 3.29. The van der Waals surface area contributed by atoms with E-state index in [1.807, 2.05) is 31.2 Å². The molecule has 17 heavy (non-hydrogen) atoms. The maximum Gasteiger partial charge on any atom is 0.159 e. The lowest BCUT2D eigenvalue weighted by atomic mass is 10.0. The van der Waals surface area contributed by atoms with E-state index in [0.29, 0.717) is 5.92 Å². The van der Waals surface area contributed by atoms with Crippen molar-refractivity contribution in [2.75, 3.05) is 5.84 Å². The highest BCUT2D eigenvalue weighted by molar-refractivity contribution is 6.05. The van der Waals surface area contributed by atoms with Crippen molar-refractivity contribution in [3.63, 3.8) is 0 Å². The standard InChI is InChI=1S/C14H16N2O/c1-8(2)12-9(3)16(15)13-10-6-4-5-7-11(10)17-14(12)13/h4-8H,15H2,1-3H3. The first-order valence-corrected chi connectivity index (χ1v) is 5.88. The summed E-state index contributed by atoms with van der Waals surface area (Å²) < 4.78 is 7.69. The minimum atomic E-state index is 0.405. The summed E-state index contributed by atoms with van der Waals surface area (Å²) in [4.78, 5) is 0. The van der Waals surface area contributed by atoms with Crippen molar-refractivity contribution in [2.24, 2.45) is 0 Å². The van der Waals surface area contributed by atoms with Crippen LogP contribution in [-0.4, -0.2) is 4.68 Å². The van der Waals surface area contributed by atoms with Gasteiger partial charge < -0.3 is 10.3 Å². The molecule has 0 spiro atoms. The largest absolute Gasteiger partial charge is 0.454 e. The average Bonchev–Trinajstić information content (AvgIpc) is 2.76. The molecule has 0 aliphatic rings. The van der Waals surface area contributed by atoms with Crippen LogP contribution in [-0.2, 0) is 0 Å². The monoisotopic (exact) mass is 228 g/mol. The lowest BCUT2D eigenvalue weighted by Crippen LogP contribution is -2.10. The van der Waals surface area contributed by atoms with Gasteiger partial charge in [-0.25, -0.2) is 0 Å². The molecule has 3 rings (SSSR count). The van der Waals surface area contributed by atoms with Gasteiger partial charge in [0, 0.05) is 16.6 Å². The first kappa shape index (κ1) is 10.3. The first-order valence-electron chi connectivity index (χ1n) is 5.88. The Labute approximate surface area is 99.8 Å². The lowest BCUT2D eigenvalue weighted by Gasteiger charge is -2.04. The molecule has 2 heterocycles. The number of rotatable bonds is 1. The topological polar surface area (TPSA) is 44.1 Å². The third kappa shape index (κ3) is 1.22. The van der Waals surface area contributed by atoms with Crippen LogP contribution >= 0.6 is 0 Å². The minimum Gasteiger partial charge on any atom is -0.454 e. The Morgan fingerprint density at radius 1 is 1.24 bits per heavy atom. The van der Waals surface area contributed by atoms with Crippen LogP contribution in [0.5, 0.6) is 0 Å². The van der Waals surface area contributed by atoms with Crippen LogP contribution in [0.25, 0.3) is 22.1 Å². The summed E-state index contributed by atoms with van der Waals surface area (Å²) in [6.45, 7) is 6.36. The zero-order chi connectivity index (χ0) is 12.2. The predicted octanol–water partition coefficient (Wildman–Crippen LogP) is 3.53. The summed E-state index contributed by atoms with van der Waals surface area (Å²) >= 11 is 0. The van der Waals surface area contributed by atoms with E-state index >= 15 is 0 Å². The Morgan fingerprint density at radius 2 is 1.94 bits per heavy atom. The average molecular weight is 228 g/mol. The molecule has 0 aliphatic carbocycles. The number of furan rings is 1. The highest BCUT2D eigenvalue weighted by Crippen LogP contribution is 2.36. The van der Waals surface area contributed by atoms with Crippen molar-refractivity contribution < 1.29 is 4.42 Å². The molecule has 0 radical (unpaired) electrons. The van der Waals surface area contributed by atoms with Gasteiger partial charge in [-0.1, -0.05) is 26.0 Å². The Balaban J connectivity index is 2.55. The summed E-state index contributed by atoms with van der Waals surface area (Å²) in [5, 5.41) is 1.08. The molecule has 0 bridgehead atoms. The SMILES string of the molecule is Cc1c(C(C)C)c2oc3ccccc3c2n1N. The van der Waals surface area contributed by atoms with Gasteiger partial charge in [-0.3, -0.25) is 4.68 Å². The zero-order valence-corrected chi connectivity index (χ0v) is 10.3. The second-order valence-electron chi connectivity index (χ2n) is 4.80. The van der Waals surface area contributed by atoms with E-state index in [4.69, 9.17) is 10.3 Å². The number of nitrogen functional groups attached to an aromatic ring is 1. The van der Waals surface area contributed by atoms with E-state index in [9.17, 15) is 0 Å². The smallest absolute Gasteiger partial charge is 0.159 e. The molecule has 0 fully saturated rings. The van der Waals surface area contributed by atoms with Crippen LogP contribution in [0, 0.1) is 6.92 Å². The van der Waals surface area contributed by atoms with Crippen LogP contribution < -0.4 is 5.84 Å². The van der Waals surface area contributed by atoms with Crippen molar-refractivity contribution in [3.05, 3.63) is 35.5 Å². The minimum absolute atomic E-state index is 0.405. The van der Waals surface area contributed by atoms with E-state index in [-0.39, 0.29) is 0 Å². The number of fused-ring (bicyclic) bond motifs is 3. The molecule has 0 saturated carbocycles.